The molecule has 1 aromatic rings. The molecular weight excluding hydrogens is 248 g/mol. The molecule has 0 aliphatic heterocycles. The predicted octanol–water partition coefficient (Wildman–Crippen LogP) is 1.65. The van der Waals surface area contributed by atoms with Crippen LogP contribution in [0.2, 0.25) is 0 Å². The summed E-state index contributed by atoms with van der Waals surface area (Å²) in [4.78, 5) is 8.81. The normalized spacial score (nSPS) is 12.2. The Morgan fingerprint density at radius 3 is 2.28 bits per heavy atom. The van der Waals surface area contributed by atoms with E-state index in [0.29, 0.717) is 12.3 Å². The van der Waals surface area contributed by atoms with Crippen molar-refractivity contribution in [1.82, 2.24) is 9.97 Å². The fourth-order valence-corrected chi connectivity index (χ4v) is 1.80. The highest BCUT2D eigenvalue weighted by atomic mass is 32.2. The molecule has 2 N–H and O–H groups in total. The summed E-state index contributed by atoms with van der Waals surface area (Å²) in [5, 5.41) is 6.44. The van der Waals surface area contributed by atoms with E-state index in [1.54, 1.807) is 6.26 Å². The minimum absolute atomic E-state index is 0.628. The predicted molar refractivity (Wildman–Crippen MR) is 77.6 cm³/mol. The van der Waals surface area contributed by atoms with Crippen LogP contribution in [0.25, 0.3) is 0 Å². The second kappa shape index (κ2) is 8.02. The van der Waals surface area contributed by atoms with Crippen LogP contribution in [-0.2, 0) is 17.2 Å². The van der Waals surface area contributed by atoms with Gasteiger partial charge in [0.05, 0.1) is 0 Å². The Hall–Kier alpha value is -1.17. The zero-order chi connectivity index (χ0) is 13.4. The highest BCUT2D eigenvalue weighted by molar-refractivity contribution is 7.84. The number of aryl methyl sites for hydroxylation is 1. The first-order chi connectivity index (χ1) is 8.65. The Bertz CT molecular complexity index is 398. The zero-order valence-corrected chi connectivity index (χ0v) is 12.1. The number of rotatable bonds is 8. The van der Waals surface area contributed by atoms with Gasteiger partial charge < -0.3 is 10.6 Å². The van der Waals surface area contributed by atoms with Gasteiger partial charge in [-0.05, 0) is 6.42 Å². The van der Waals surface area contributed by atoms with Crippen molar-refractivity contribution in [2.24, 2.45) is 0 Å². The maximum atomic E-state index is 11.0. The smallest absolute Gasteiger partial charge is 0.132 e. The molecule has 1 atom stereocenters. The van der Waals surface area contributed by atoms with Crippen LogP contribution in [-0.4, -0.2) is 39.3 Å². The summed E-state index contributed by atoms with van der Waals surface area (Å²) >= 11 is 0. The topological polar surface area (TPSA) is 66.9 Å². The monoisotopic (exact) mass is 270 g/mol. The van der Waals surface area contributed by atoms with Crippen LogP contribution in [0.3, 0.4) is 0 Å². The van der Waals surface area contributed by atoms with Crippen LogP contribution in [0.4, 0.5) is 11.6 Å². The van der Waals surface area contributed by atoms with Crippen molar-refractivity contribution < 1.29 is 4.21 Å². The lowest BCUT2D eigenvalue weighted by Crippen LogP contribution is -2.13. The fourth-order valence-electron chi connectivity index (χ4n) is 1.41. The number of nitrogens with one attached hydrogen (secondary N) is 2. The van der Waals surface area contributed by atoms with Gasteiger partial charge in [-0.25, -0.2) is 9.97 Å². The van der Waals surface area contributed by atoms with Crippen molar-refractivity contribution in [1.29, 1.82) is 0 Å². The summed E-state index contributed by atoms with van der Waals surface area (Å²) in [6.45, 7) is 5.71. The molecule has 0 aliphatic carbocycles. The lowest BCUT2D eigenvalue weighted by molar-refractivity contribution is 0.687. The zero-order valence-electron chi connectivity index (χ0n) is 11.3. The molecule has 18 heavy (non-hydrogen) atoms. The molecule has 0 radical (unpaired) electrons. The average Bonchev–Trinajstić information content (AvgIpc) is 2.35. The fraction of sp³-hybridized carbons (Fsp3) is 0.667. The largest absolute Gasteiger partial charge is 0.370 e. The molecular formula is C12H22N4OS. The van der Waals surface area contributed by atoms with Gasteiger partial charge in [0.25, 0.3) is 0 Å². The third kappa shape index (κ3) is 5.44. The van der Waals surface area contributed by atoms with E-state index in [0.717, 1.165) is 36.8 Å². The number of hydrogen-bond donors (Lipinski definition) is 2. The minimum atomic E-state index is -0.778. The molecule has 0 aromatic carbocycles. The van der Waals surface area contributed by atoms with E-state index in [9.17, 15) is 4.21 Å². The van der Waals surface area contributed by atoms with Gasteiger partial charge in [0.2, 0.25) is 0 Å². The second-order valence-electron chi connectivity index (χ2n) is 4.04. The van der Waals surface area contributed by atoms with E-state index in [2.05, 4.69) is 27.5 Å². The third-order valence-corrected chi connectivity index (χ3v) is 3.12. The van der Waals surface area contributed by atoms with Crippen molar-refractivity contribution >= 4 is 22.4 Å². The van der Waals surface area contributed by atoms with E-state index in [4.69, 9.17) is 0 Å². The quantitative estimate of drug-likeness (QED) is 0.752. The van der Waals surface area contributed by atoms with Crippen LogP contribution in [0, 0.1) is 0 Å². The van der Waals surface area contributed by atoms with Crippen molar-refractivity contribution in [3.63, 3.8) is 0 Å². The van der Waals surface area contributed by atoms with Crippen LogP contribution >= 0.6 is 0 Å². The van der Waals surface area contributed by atoms with Crippen LogP contribution in [0.1, 0.15) is 26.1 Å². The Balaban J connectivity index is 2.67. The van der Waals surface area contributed by atoms with Crippen molar-refractivity contribution in [3.8, 4) is 0 Å². The van der Waals surface area contributed by atoms with Crippen LogP contribution < -0.4 is 10.6 Å². The standard InChI is InChI=1S/C12H22N4OS/c1-4-6-13-11-9-12(14-7-8-18(3)17)16-10(5-2)15-11/h9H,4-8H2,1-3H3,(H2,13,14,15,16). The van der Waals surface area contributed by atoms with Crippen molar-refractivity contribution in [2.75, 3.05) is 35.7 Å². The third-order valence-electron chi connectivity index (χ3n) is 2.34. The Morgan fingerprint density at radius 2 is 1.78 bits per heavy atom. The Kier molecular flexibility index (Phi) is 6.64. The van der Waals surface area contributed by atoms with Crippen molar-refractivity contribution in [3.05, 3.63) is 11.9 Å². The molecule has 1 aromatic heterocycles. The Labute approximate surface area is 111 Å². The van der Waals surface area contributed by atoms with E-state index in [1.165, 1.54) is 0 Å². The molecule has 5 nitrogen and oxygen atoms in total. The average molecular weight is 270 g/mol. The number of hydrogen-bond acceptors (Lipinski definition) is 5. The first-order valence-corrected chi connectivity index (χ1v) is 8.04. The molecule has 1 rings (SSSR count). The first-order valence-electron chi connectivity index (χ1n) is 6.31. The summed E-state index contributed by atoms with van der Waals surface area (Å²) in [5.41, 5.74) is 0. The van der Waals surface area contributed by atoms with Gasteiger partial charge in [-0.1, -0.05) is 13.8 Å². The van der Waals surface area contributed by atoms with Gasteiger partial charge in [-0.15, -0.1) is 0 Å². The molecule has 1 unspecified atom stereocenters. The summed E-state index contributed by atoms with van der Waals surface area (Å²) in [6, 6.07) is 1.90. The molecule has 0 fully saturated rings. The maximum Gasteiger partial charge on any atom is 0.132 e. The van der Waals surface area contributed by atoms with E-state index in [1.807, 2.05) is 13.0 Å². The van der Waals surface area contributed by atoms with Gasteiger partial charge in [-0.2, -0.15) is 0 Å². The van der Waals surface area contributed by atoms with Gasteiger partial charge >= 0.3 is 0 Å². The first kappa shape index (κ1) is 14.9. The van der Waals surface area contributed by atoms with E-state index >= 15 is 0 Å². The Morgan fingerprint density at radius 1 is 1.17 bits per heavy atom. The molecule has 0 amide bonds. The van der Waals surface area contributed by atoms with E-state index < -0.39 is 10.8 Å². The number of nitrogens with zero attached hydrogens (tertiary/aromatic N) is 2. The van der Waals surface area contributed by atoms with E-state index in [-0.39, 0.29) is 0 Å². The molecule has 6 heteroatoms. The minimum Gasteiger partial charge on any atom is -0.370 e. The molecule has 1 heterocycles. The van der Waals surface area contributed by atoms with Crippen LogP contribution in [0.15, 0.2) is 6.07 Å². The van der Waals surface area contributed by atoms with Gasteiger partial charge in [0.15, 0.2) is 0 Å². The highest BCUT2D eigenvalue weighted by Crippen LogP contribution is 2.11. The summed E-state index contributed by atoms with van der Waals surface area (Å²) in [5.74, 6) is 3.09. The molecule has 0 spiro atoms. The summed E-state index contributed by atoms with van der Waals surface area (Å²) < 4.78 is 11.0. The van der Waals surface area contributed by atoms with Gasteiger partial charge in [-0.3, -0.25) is 4.21 Å². The SMILES string of the molecule is CCCNc1cc(NCCS(C)=O)nc(CC)n1. The summed E-state index contributed by atoms with van der Waals surface area (Å²) in [6.07, 6.45) is 3.56. The molecule has 0 aliphatic rings. The lowest BCUT2D eigenvalue weighted by Gasteiger charge is -2.10. The highest BCUT2D eigenvalue weighted by Gasteiger charge is 2.03. The second-order valence-corrected chi connectivity index (χ2v) is 5.59. The molecule has 0 bridgehead atoms. The number of anilines is 2. The molecule has 0 saturated carbocycles. The van der Waals surface area contributed by atoms with Gasteiger partial charge in [0, 0.05) is 48.4 Å². The number of aromatic nitrogens is 2. The van der Waals surface area contributed by atoms with Crippen molar-refractivity contribution in [2.45, 2.75) is 26.7 Å². The lowest BCUT2D eigenvalue weighted by atomic mass is 10.4. The maximum absolute atomic E-state index is 11.0. The van der Waals surface area contributed by atoms with Gasteiger partial charge in [0.1, 0.15) is 17.5 Å². The molecule has 102 valence electrons. The molecule has 0 saturated heterocycles. The summed E-state index contributed by atoms with van der Waals surface area (Å²) in [7, 11) is -0.778. The van der Waals surface area contributed by atoms with Crippen LogP contribution in [0.5, 0.6) is 0 Å².